The molecule has 0 atom stereocenters. The maximum absolute atomic E-state index is 12.9. The van der Waals surface area contributed by atoms with Crippen molar-refractivity contribution in [2.24, 2.45) is 0 Å². The summed E-state index contributed by atoms with van der Waals surface area (Å²) < 4.78 is 43.8. The van der Waals surface area contributed by atoms with Gasteiger partial charge in [0, 0.05) is 10.6 Å². The summed E-state index contributed by atoms with van der Waals surface area (Å²) in [6.07, 6.45) is -2.39. The maximum atomic E-state index is 12.9. The van der Waals surface area contributed by atoms with Gasteiger partial charge in [0.2, 0.25) is 0 Å². The Bertz CT molecular complexity index is 1030. The summed E-state index contributed by atoms with van der Waals surface area (Å²) in [5, 5.41) is 8.65. The topological polar surface area (TPSA) is 46.5 Å². The third kappa shape index (κ3) is 6.65. The summed E-state index contributed by atoms with van der Waals surface area (Å²) in [5.41, 5.74) is 1.80. The van der Waals surface area contributed by atoms with Crippen molar-refractivity contribution in [1.82, 2.24) is 0 Å². The number of carbonyl (C=O) groups is 1. The fraction of sp³-hybridized carbons (Fsp3) is 0.125. The SMILES string of the molecule is O=C(O)COc1ccc(SCC=C(c2ccccc2)c2ccc(C(F)(F)F)cc2)cc1. The van der Waals surface area contributed by atoms with Crippen LogP contribution in [0.15, 0.2) is 89.8 Å². The van der Waals surface area contributed by atoms with Crippen molar-refractivity contribution >= 4 is 23.3 Å². The lowest BCUT2D eigenvalue weighted by atomic mass is 9.97. The molecule has 0 aromatic heterocycles. The van der Waals surface area contributed by atoms with Gasteiger partial charge in [-0.1, -0.05) is 48.5 Å². The molecule has 0 spiro atoms. The van der Waals surface area contributed by atoms with Crippen molar-refractivity contribution in [3.8, 4) is 5.75 Å². The van der Waals surface area contributed by atoms with Crippen LogP contribution in [0.25, 0.3) is 5.57 Å². The Labute approximate surface area is 182 Å². The normalized spacial score (nSPS) is 11.9. The minimum Gasteiger partial charge on any atom is -0.482 e. The van der Waals surface area contributed by atoms with Gasteiger partial charge in [0.15, 0.2) is 6.61 Å². The van der Waals surface area contributed by atoms with Crippen molar-refractivity contribution in [3.63, 3.8) is 0 Å². The number of alkyl halides is 3. The van der Waals surface area contributed by atoms with Crippen LogP contribution in [-0.2, 0) is 11.0 Å². The second-order valence-electron chi connectivity index (χ2n) is 6.52. The highest BCUT2D eigenvalue weighted by atomic mass is 32.2. The fourth-order valence-electron chi connectivity index (χ4n) is 2.86. The molecule has 0 saturated carbocycles. The van der Waals surface area contributed by atoms with E-state index in [-0.39, 0.29) is 0 Å². The van der Waals surface area contributed by atoms with Crippen molar-refractivity contribution < 1.29 is 27.8 Å². The fourth-order valence-corrected chi connectivity index (χ4v) is 3.63. The molecule has 0 radical (unpaired) electrons. The third-order valence-electron chi connectivity index (χ3n) is 4.33. The van der Waals surface area contributed by atoms with Crippen LogP contribution in [0.2, 0.25) is 0 Å². The van der Waals surface area contributed by atoms with Gasteiger partial charge >= 0.3 is 12.1 Å². The Morgan fingerprint density at radius 3 is 2.10 bits per heavy atom. The van der Waals surface area contributed by atoms with Gasteiger partial charge in [0.05, 0.1) is 5.56 Å². The largest absolute Gasteiger partial charge is 0.482 e. The number of thioether (sulfide) groups is 1. The van der Waals surface area contributed by atoms with Crippen molar-refractivity contribution in [3.05, 3.63) is 102 Å². The molecule has 0 aliphatic carbocycles. The number of carboxylic acid groups (broad SMARTS) is 1. The molecule has 3 aromatic carbocycles. The molecule has 1 N–H and O–H groups in total. The van der Waals surface area contributed by atoms with E-state index < -0.39 is 24.3 Å². The van der Waals surface area contributed by atoms with Gasteiger partial charge in [-0.25, -0.2) is 4.79 Å². The first-order valence-corrected chi connectivity index (χ1v) is 10.3. The first-order valence-electron chi connectivity index (χ1n) is 9.33. The van der Waals surface area contributed by atoms with E-state index in [4.69, 9.17) is 9.84 Å². The van der Waals surface area contributed by atoms with Gasteiger partial charge in [-0.15, -0.1) is 11.8 Å². The minimum absolute atomic E-state index is 0.400. The Kier molecular flexibility index (Phi) is 7.41. The number of hydrogen-bond donors (Lipinski definition) is 1. The lowest BCUT2D eigenvalue weighted by Crippen LogP contribution is -2.09. The van der Waals surface area contributed by atoms with Crippen LogP contribution in [0.1, 0.15) is 16.7 Å². The second-order valence-corrected chi connectivity index (χ2v) is 7.62. The van der Waals surface area contributed by atoms with Gasteiger partial charge in [-0.2, -0.15) is 13.2 Å². The number of rotatable bonds is 8. The Morgan fingerprint density at radius 2 is 1.52 bits per heavy atom. The van der Waals surface area contributed by atoms with Gasteiger partial charge in [0.1, 0.15) is 5.75 Å². The van der Waals surface area contributed by atoms with Crippen molar-refractivity contribution in [1.29, 1.82) is 0 Å². The zero-order chi connectivity index (χ0) is 22.3. The standard InChI is InChI=1S/C24H19F3O3S/c25-24(26,27)19-8-6-18(7-9-19)22(17-4-2-1-3-5-17)14-15-31-21-12-10-20(11-13-21)30-16-23(28)29/h1-14H,15-16H2,(H,28,29). The van der Waals surface area contributed by atoms with E-state index in [9.17, 15) is 18.0 Å². The number of ether oxygens (including phenoxy) is 1. The lowest BCUT2D eigenvalue weighted by molar-refractivity contribution is -0.139. The molecule has 0 unspecified atom stereocenters. The Hall–Kier alpha value is -3.19. The van der Waals surface area contributed by atoms with Crippen molar-refractivity contribution in [2.45, 2.75) is 11.1 Å². The molecule has 3 aromatic rings. The summed E-state index contributed by atoms with van der Waals surface area (Å²) in [4.78, 5) is 11.5. The quantitative estimate of drug-likeness (QED) is 0.409. The van der Waals surface area contributed by atoms with E-state index in [0.717, 1.165) is 28.2 Å². The van der Waals surface area contributed by atoms with Crippen LogP contribution >= 0.6 is 11.8 Å². The van der Waals surface area contributed by atoms with Crippen LogP contribution in [0.5, 0.6) is 5.75 Å². The zero-order valence-electron chi connectivity index (χ0n) is 16.3. The molecule has 0 fully saturated rings. The summed E-state index contributed by atoms with van der Waals surface area (Å²) in [5.74, 6) is 0.0259. The summed E-state index contributed by atoms with van der Waals surface area (Å²) in [6.45, 7) is -0.400. The zero-order valence-corrected chi connectivity index (χ0v) is 17.1. The summed E-state index contributed by atoms with van der Waals surface area (Å²) in [7, 11) is 0. The third-order valence-corrected chi connectivity index (χ3v) is 5.27. The highest BCUT2D eigenvalue weighted by molar-refractivity contribution is 7.99. The summed E-state index contributed by atoms with van der Waals surface area (Å²) in [6, 6.07) is 21.7. The minimum atomic E-state index is -4.37. The molecule has 0 bridgehead atoms. The molecule has 0 aliphatic rings. The van der Waals surface area contributed by atoms with Gasteiger partial charge in [0.25, 0.3) is 0 Å². The van der Waals surface area contributed by atoms with E-state index in [1.165, 1.54) is 12.1 Å². The molecular weight excluding hydrogens is 425 g/mol. The second kappa shape index (κ2) is 10.2. The van der Waals surface area contributed by atoms with Crippen LogP contribution in [0.3, 0.4) is 0 Å². The summed E-state index contributed by atoms with van der Waals surface area (Å²) >= 11 is 1.55. The van der Waals surface area contributed by atoms with Crippen LogP contribution < -0.4 is 4.74 Å². The predicted octanol–water partition coefficient (Wildman–Crippen LogP) is 6.39. The molecule has 3 rings (SSSR count). The van der Waals surface area contributed by atoms with E-state index in [2.05, 4.69) is 0 Å². The highest BCUT2D eigenvalue weighted by Crippen LogP contribution is 2.32. The molecule has 0 amide bonds. The van der Waals surface area contributed by atoms with E-state index in [0.29, 0.717) is 17.1 Å². The number of hydrogen-bond acceptors (Lipinski definition) is 3. The molecule has 0 saturated heterocycles. The number of aliphatic carboxylic acids is 1. The first-order chi connectivity index (χ1) is 14.8. The van der Waals surface area contributed by atoms with Gasteiger partial charge < -0.3 is 9.84 Å². The molecule has 7 heteroatoms. The Balaban J connectivity index is 1.75. The van der Waals surface area contributed by atoms with Gasteiger partial charge in [-0.3, -0.25) is 0 Å². The molecule has 0 heterocycles. The van der Waals surface area contributed by atoms with Crippen LogP contribution in [-0.4, -0.2) is 23.4 Å². The van der Waals surface area contributed by atoms with Crippen LogP contribution in [0.4, 0.5) is 13.2 Å². The molecule has 160 valence electrons. The average Bonchev–Trinajstić information content (AvgIpc) is 2.76. The molecule has 3 nitrogen and oxygen atoms in total. The smallest absolute Gasteiger partial charge is 0.416 e. The molecule has 0 aliphatic heterocycles. The molecular formula is C24H19F3O3S. The number of halogens is 3. The number of carboxylic acids is 1. The monoisotopic (exact) mass is 444 g/mol. The average molecular weight is 444 g/mol. The maximum Gasteiger partial charge on any atom is 0.416 e. The van der Waals surface area contributed by atoms with Crippen LogP contribution in [0, 0.1) is 0 Å². The first kappa shape index (κ1) is 22.5. The highest BCUT2D eigenvalue weighted by Gasteiger charge is 2.30. The van der Waals surface area contributed by atoms with E-state index in [1.54, 1.807) is 23.9 Å². The van der Waals surface area contributed by atoms with E-state index in [1.807, 2.05) is 48.5 Å². The van der Waals surface area contributed by atoms with Gasteiger partial charge in [-0.05, 0) is 53.1 Å². The molecule has 31 heavy (non-hydrogen) atoms. The van der Waals surface area contributed by atoms with Crippen molar-refractivity contribution in [2.75, 3.05) is 12.4 Å². The number of benzene rings is 3. The van der Waals surface area contributed by atoms with E-state index >= 15 is 0 Å². The predicted molar refractivity (Wildman–Crippen MR) is 115 cm³/mol. The lowest BCUT2D eigenvalue weighted by Gasteiger charge is -2.11. The Morgan fingerprint density at radius 1 is 0.903 bits per heavy atom.